The molecule has 0 radical (unpaired) electrons. The fourth-order valence-corrected chi connectivity index (χ4v) is 1.69. The van der Waals surface area contributed by atoms with E-state index in [2.05, 4.69) is 4.99 Å². The van der Waals surface area contributed by atoms with Gasteiger partial charge in [0.1, 0.15) is 6.10 Å². The molecule has 0 N–H and O–H groups in total. The molecule has 0 aliphatic heterocycles. The summed E-state index contributed by atoms with van der Waals surface area (Å²) in [5.41, 5.74) is 0. The second kappa shape index (κ2) is 4.64. The van der Waals surface area contributed by atoms with Gasteiger partial charge in [-0.15, -0.1) is 0 Å². The van der Waals surface area contributed by atoms with Crippen molar-refractivity contribution in [3.05, 3.63) is 0 Å². The van der Waals surface area contributed by atoms with Gasteiger partial charge in [-0.2, -0.15) is 5.26 Å². The maximum Gasteiger partial charge on any atom is 0.286 e. The molecule has 3 unspecified atom stereocenters. The van der Waals surface area contributed by atoms with Crippen molar-refractivity contribution in [2.45, 2.75) is 38.3 Å². The van der Waals surface area contributed by atoms with Gasteiger partial charge in [0.15, 0.2) is 0 Å². The molecule has 0 saturated heterocycles. The van der Waals surface area contributed by atoms with Crippen LogP contribution in [-0.4, -0.2) is 18.2 Å². The molecule has 1 saturated carbocycles. The van der Waals surface area contributed by atoms with Gasteiger partial charge in [-0.25, -0.2) is 9.79 Å². The second-order valence-electron chi connectivity index (χ2n) is 3.41. The van der Waals surface area contributed by atoms with Gasteiger partial charge in [0.25, 0.3) is 6.26 Å². The Morgan fingerprint density at radius 3 is 2.92 bits per heavy atom. The van der Waals surface area contributed by atoms with E-state index in [4.69, 9.17) is 10.00 Å². The minimum atomic E-state index is -0.0664. The molecule has 0 spiro atoms. The van der Waals surface area contributed by atoms with Crippen molar-refractivity contribution in [2.75, 3.05) is 0 Å². The smallest absolute Gasteiger partial charge is 0.286 e. The zero-order chi connectivity index (χ0) is 9.68. The number of nitrogens with zero attached hydrogens (tertiary/aromatic N) is 2. The average molecular weight is 180 g/mol. The van der Waals surface area contributed by atoms with Crippen LogP contribution in [0.15, 0.2) is 4.99 Å². The minimum absolute atomic E-state index is 0.0235. The first kappa shape index (κ1) is 9.76. The summed E-state index contributed by atoms with van der Waals surface area (Å²) in [5, 5.41) is 8.32. The fraction of sp³-hybridized carbons (Fsp3) is 0.778. The quantitative estimate of drug-likeness (QED) is 0.366. The first-order chi connectivity index (χ1) is 6.27. The summed E-state index contributed by atoms with van der Waals surface area (Å²) in [7, 11) is 0. The molecule has 70 valence electrons. The monoisotopic (exact) mass is 180 g/mol. The lowest BCUT2D eigenvalue weighted by molar-refractivity contribution is 0.0932. The Morgan fingerprint density at radius 1 is 1.54 bits per heavy atom. The van der Waals surface area contributed by atoms with Gasteiger partial charge in [-0.1, -0.05) is 6.92 Å². The topological polar surface area (TPSA) is 62.4 Å². The molecule has 0 bridgehead atoms. The predicted octanol–water partition coefficient (Wildman–Crippen LogP) is 1.38. The summed E-state index contributed by atoms with van der Waals surface area (Å²) in [6.45, 7) is 2.05. The number of carbonyl (C=O) groups excluding carboxylic acids is 1. The SMILES string of the molecule is CC1CCC(OC#N)CC1N=C=O. The Hall–Kier alpha value is -1.33. The average Bonchev–Trinajstić information content (AvgIpc) is 2.12. The van der Waals surface area contributed by atoms with E-state index in [1.54, 1.807) is 12.3 Å². The van der Waals surface area contributed by atoms with Crippen LogP contribution in [0.5, 0.6) is 0 Å². The summed E-state index contributed by atoms with van der Waals surface area (Å²) in [4.78, 5) is 13.8. The molecule has 4 heteroatoms. The molecule has 0 aromatic carbocycles. The van der Waals surface area contributed by atoms with Gasteiger partial charge in [0.2, 0.25) is 6.08 Å². The van der Waals surface area contributed by atoms with Gasteiger partial charge in [-0.05, 0) is 18.8 Å². The lowest BCUT2D eigenvalue weighted by Crippen LogP contribution is -2.30. The van der Waals surface area contributed by atoms with Crippen LogP contribution in [0.1, 0.15) is 26.2 Å². The van der Waals surface area contributed by atoms with E-state index < -0.39 is 0 Å². The van der Waals surface area contributed by atoms with E-state index in [0.29, 0.717) is 12.3 Å². The molecule has 0 amide bonds. The third-order valence-corrected chi connectivity index (χ3v) is 2.54. The first-order valence-electron chi connectivity index (χ1n) is 4.39. The lowest BCUT2D eigenvalue weighted by atomic mass is 9.84. The minimum Gasteiger partial charge on any atom is -0.424 e. The molecule has 1 aliphatic rings. The largest absolute Gasteiger partial charge is 0.424 e. The van der Waals surface area contributed by atoms with Gasteiger partial charge < -0.3 is 4.74 Å². The van der Waals surface area contributed by atoms with Crippen molar-refractivity contribution in [2.24, 2.45) is 10.9 Å². The molecule has 1 rings (SSSR count). The molecule has 3 atom stereocenters. The normalized spacial score (nSPS) is 32.8. The van der Waals surface area contributed by atoms with Crippen molar-refractivity contribution in [3.63, 3.8) is 0 Å². The number of hydrogen-bond acceptors (Lipinski definition) is 4. The van der Waals surface area contributed by atoms with E-state index in [0.717, 1.165) is 12.8 Å². The van der Waals surface area contributed by atoms with Gasteiger partial charge in [0.05, 0.1) is 6.04 Å². The van der Waals surface area contributed by atoms with Crippen LogP contribution >= 0.6 is 0 Å². The lowest BCUT2D eigenvalue weighted by Gasteiger charge is -2.28. The summed E-state index contributed by atoms with van der Waals surface area (Å²) >= 11 is 0. The van der Waals surface area contributed by atoms with Crippen LogP contribution in [-0.2, 0) is 9.53 Å². The Morgan fingerprint density at radius 2 is 2.31 bits per heavy atom. The van der Waals surface area contributed by atoms with Crippen LogP contribution in [0.4, 0.5) is 0 Å². The van der Waals surface area contributed by atoms with Crippen molar-refractivity contribution >= 4 is 6.08 Å². The van der Waals surface area contributed by atoms with Gasteiger partial charge >= 0.3 is 0 Å². The van der Waals surface area contributed by atoms with E-state index in [1.807, 2.05) is 6.92 Å². The van der Waals surface area contributed by atoms with Gasteiger partial charge in [-0.3, -0.25) is 0 Å². The van der Waals surface area contributed by atoms with Crippen LogP contribution < -0.4 is 0 Å². The second-order valence-corrected chi connectivity index (χ2v) is 3.41. The maximum atomic E-state index is 10.1. The number of nitriles is 1. The number of rotatable bonds is 2. The Kier molecular flexibility index (Phi) is 3.48. The zero-order valence-electron chi connectivity index (χ0n) is 7.56. The highest BCUT2D eigenvalue weighted by Crippen LogP contribution is 2.28. The number of hydrogen-bond donors (Lipinski definition) is 0. The summed E-state index contributed by atoms with van der Waals surface area (Å²) in [6, 6.07) is -0.0235. The highest BCUT2D eigenvalue weighted by Gasteiger charge is 2.28. The number of ether oxygens (including phenoxy) is 1. The summed E-state index contributed by atoms with van der Waals surface area (Å²) in [5.74, 6) is 0.389. The van der Waals surface area contributed by atoms with Gasteiger partial charge in [0, 0.05) is 6.42 Å². The van der Waals surface area contributed by atoms with Crippen molar-refractivity contribution in [1.82, 2.24) is 0 Å². The van der Waals surface area contributed by atoms with Crippen molar-refractivity contribution < 1.29 is 9.53 Å². The molecule has 1 aliphatic carbocycles. The van der Waals surface area contributed by atoms with E-state index >= 15 is 0 Å². The predicted molar refractivity (Wildman–Crippen MR) is 45.4 cm³/mol. The first-order valence-corrected chi connectivity index (χ1v) is 4.39. The Balaban J connectivity index is 2.53. The Bertz CT molecular complexity index is 253. The molecule has 13 heavy (non-hydrogen) atoms. The molecule has 4 nitrogen and oxygen atoms in total. The molecule has 0 aromatic rings. The van der Waals surface area contributed by atoms with Crippen molar-refractivity contribution in [1.29, 1.82) is 5.26 Å². The fourth-order valence-electron chi connectivity index (χ4n) is 1.69. The van der Waals surface area contributed by atoms with Crippen LogP contribution in [0.3, 0.4) is 0 Å². The molecule has 0 aromatic heterocycles. The molecule has 1 fully saturated rings. The number of isocyanates is 1. The highest BCUT2D eigenvalue weighted by atomic mass is 16.5. The third-order valence-electron chi connectivity index (χ3n) is 2.54. The van der Waals surface area contributed by atoms with E-state index in [9.17, 15) is 4.79 Å². The molecular weight excluding hydrogens is 168 g/mol. The van der Waals surface area contributed by atoms with Crippen LogP contribution in [0, 0.1) is 17.4 Å². The van der Waals surface area contributed by atoms with E-state index in [-0.39, 0.29) is 12.1 Å². The third kappa shape index (κ3) is 2.57. The highest BCUT2D eigenvalue weighted by molar-refractivity contribution is 5.33. The van der Waals surface area contributed by atoms with Crippen molar-refractivity contribution in [3.8, 4) is 6.26 Å². The maximum absolute atomic E-state index is 10.1. The van der Waals surface area contributed by atoms with E-state index in [1.165, 1.54) is 0 Å². The standard InChI is InChI=1S/C9H12N2O2/c1-7-2-3-8(13-5-10)4-9(7)11-6-12/h7-9H,2-4H2,1H3. The Labute approximate surface area is 77.2 Å². The molecule has 0 heterocycles. The summed E-state index contributed by atoms with van der Waals surface area (Å²) in [6.07, 6.45) is 5.65. The van der Waals surface area contributed by atoms with Crippen LogP contribution in [0.2, 0.25) is 0 Å². The van der Waals surface area contributed by atoms with Crippen LogP contribution in [0.25, 0.3) is 0 Å². The number of aliphatic imine (C=N–C) groups is 1. The zero-order valence-corrected chi connectivity index (χ0v) is 7.56. The molecular formula is C9H12N2O2. The summed E-state index contributed by atoms with van der Waals surface area (Å²) < 4.78 is 4.82.